The Hall–Kier alpha value is -6.45. The maximum Gasteiger partial charge on any atom is 0.110 e. The van der Waals surface area contributed by atoms with Gasteiger partial charge in [0.05, 0.1) is 22.1 Å². The molecule has 0 radical (unpaired) electrons. The van der Waals surface area contributed by atoms with E-state index in [1.165, 1.54) is 71.6 Å². The lowest BCUT2D eigenvalue weighted by molar-refractivity contribution is 0.776. The van der Waals surface area contributed by atoms with Crippen molar-refractivity contribution in [3.63, 3.8) is 0 Å². The molecule has 1 aliphatic rings. The van der Waals surface area contributed by atoms with Crippen molar-refractivity contribution in [3.8, 4) is 27.9 Å². The molecule has 3 nitrogen and oxygen atoms in total. The third kappa shape index (κ3) is 5.15. The van der Waals surface area contributed by atoms with E-state index in [9.17, 15) is 0 Å². The zero-order chi connectivity index (χ0) is 35.5. The summed E-state index contributed by atoms with van der Waals surface area (Å²) < 4.78 is 4.68. The fourth-order valence-electron chi connectivity index (χ4n) is 8.63. The zero-order valence-electron chi connectivity index (χ0n) is 29.9. The van der Waals surface area contributed by atoms with Crippen LogP contribution >= 0.6 is 0 Å². The molecule has 53 heavy (non-hydrogen) atoms. The first kappa shape index (κ1) is 31.3. The average molecular weight is 682 g/mol. The summed E-state index contributed by atoms with van der Waals surface area (Å²) in [6.45, 7) is 4.47. The summed E-state index contributed by atoms with van der Waals surface area (Å²) in [5.74, 6) is 1.54. The predicted molar refractivity (Wildman–Crippen MR) is 224 cm³/mol. The minimum atomic E-state index is 0.0310. The summed E-state index contributed by atoms with van der Waals surface area (Å²) in [4.78, 5) is 5.08. The SMILES string of the molecule is C/C(=N\C=C/C1(c2ccc(-c3ccccc3)cc2)CC1C)n1c2ccccc2c2cc(-c3ccc4c(c3)c3ccccc3n4-c3ccccc3)ccc21. The Morgan fingerprint density at radius 3 is 1.72 bits per heavy atom. The second-order valence-electron chi connectivity index (χ2n) is 14.6. The number of nitrogens with zero attached hydrogens (tertiary/aromatic N) is 3. The van der Waals surface area contributed by atoms with Crippen molar-refractivity contribution >= 4 is 49.4 Å². The normalized spacial score (nSPS) is 17.5. The summed E-state index contributed by atoms with van der Waals surface area (Å²) in [6.07, 6.45) is 5.51. The minimum absolute atomic E-state index is 0.0310. The van der Waals surface area contributed by atoms with Gasteiger partial charge in [-0.3, -0.25) is 4.57 Å². The molecule has 3 heteroatoms. The second kappa shape index (κ2) is 12.4. The van der Waals surface area contributed by atoms with Gasteiger partial charge in [-0.25, -0.2) is 4.99 Å². The van der Waals surface area contributed by atoms with E-state index in [2.05, 4.69) is 199 Å². The molecular formula is C50H39N3. The molecule has 1 aliphatic carbocycles. The van der Waals surface area contributed by atoms with Gasteiger partial charge in [-0.15, -0.1) is 0 Å². The van der Waals surface area contributed by atoms with Gasteiger partial charge in [0.2, 0.25) is 0 Å². The molecule has 9 aromatic rings. The average Bonchev–Trinajstić information content (AvgIpc) is 3.59. The van der Waals surface area contributed by atoms with Crippen molar-refractivity contribution in [3.05, 3.63) is 188 Å². The molecule has 7 aromatic carbocycles. The predicted octanol–water partition coefficient (Wildman–Crippen LogP) is 13.0. The molecule has 1 fully saturated rings. The maximum absolute atomic E-state index is 5.08. The summed E-state index contributed by atoms with van der Waals surface area (Å²) >= 11 is 0. The van der Waals surface area contributed by atoms with Gasteiger partial charge in [0.1, 0.15) is 5.84 Å². The largest absolute Gasteiger partial charge is 0.309 e. The fourth-order valence-corrected chi connectivity index (χ4v) is 8.63. The molecule has 0 saturated heterocycles. The maximum atomic E-state index is 5.08. The van der Waals surface area contributed by atoms with Crippen molar-refractivity contribution in [2.75, 3.05) is 0 Å². The molecule has 0 amide bonds. The van der Waals surface area contributed by atoms with Crippen LogP contribution in [0.1, 0.15) is 25.8 Å². The van der Waals surface area contributed by atoms with E-state index < -0.39 is 0 Å². The molecule has 2 heterocycles. The molecule has 10 rings (SSSR count). The number of aliphatic imine (C=N–C) groups is 1. The van der Waals surface area contributed by atoms with Gasteiger partial charge < -0.3 is 4.57 Å². The Kier molecular flexibility index (Phi) is 7.29. The van der Waals surface area contributed by atoms with E-state index in [0.29, 0.717) is 5.92 Å². The number of fused-ring (bicyclic) bond motifs is 6. The third-order valence-electron chi connectivity index (χ3n) is 11.5. The quantitative estimate of drug-likeness (QED) is 0.123. The van der Waals surface area contributed by atoms with Crippen molar-refractivity contribution in [1.29, 1.82) is 0 Å². The Morgan fingerprint density at radius 1 is 0.547 bits per heavy atom. The lowest BCUT2D eigenvalue weighted by atomic mass is 9.91. The standard InChI is InChI=1S/C50H39N3/c1-34-33-50(34,40-25-21-37(22-26-40)36-13-5-3-6-14-36)29-30-51-35(2)52-46-19-11-9-17-42(46)44-31-38(23-27-48(44)52)39-24-28-49-45(32-39)43-18-10-12-20-47(43)53(49)41-15-7-4-8-16-41/h3-32,34H,33H2,1-2H3/b30-29-,51-35+. The van der Waals surface area contributed by atoms with Crippen molar-refractivity contribution in [2.45, 2.75) is 25.7 Å². The van der Waals surface area contributed by atoms with E-state index in [1.807, 2.05) is 6.20 Å². The van der Waals surface area contributed by atoms with Crippen molar-refractivity contribution < 1.29 is 0 Å². The zero-order valence-corrected chi connectivity index (χ0v) is 29.9. The molecular weight excluding hydrogens is 643 g/mol. The van der Waals surface area contributed by atoms with Gasteiger partial charge in [0, 0.05) is 38.8 Å². The summed E-state index contributed by atoms with van der Waals surface area (Å²) in [6, 6.07) is 61.6. The van der Waals surface area contributed by atoms with Gasteiger partial charge in [-0.1, -0.05) is 134 Å². The van der Waals surface area contributed by atoms with Crippen LogP contribution in [0.5, 0.6) is 0 Å². The second-order valence-corrected chi connectivity index (χ2v) is 14.6. The van der Waals surface area contributed by atoms with E-state index in [0.717, 1.165) is 17.8 Å². The van der Waals surface area contributed by atoms with Crippen molar-refractivity contribution in [1.82, 2.24) is 9.13 Å². The summed E-state index contributed by atoms with van der Waals surface area (Å²) in [5, 5.41) is 4.98. The van der Waals surface area contributed by atoms with Crippen molar-refractivity contribution in [2.24, 2.45) is 10.9 Å². The highest BCUT2D eigenvalue weighted by molar-refractivity contribution is 6.15. The molecule has 2 aromatic heterocycles. The van der Waals surface area contributed by atoms with Gasteiger partial charge in [-0.05, 0) is 95.6 Å². The van der Waals surface area contributed by atoms with Crippen LogP contribution in [0.15, 0.2) is 187 Å². The van der Waals surface area contributed by atoms with Crippen LogP contribution in [0.2, 0.25) is 0 Å². The molecule has 0 bridgehead atoms. The van der Waals surface area contributed by atoms with Crippen LogP contribution in [-0.2, 0) is 5.41 Å². The highest BCUT2D eigenvalue weighted by Crippen LogP contribution is 2.55. The van der Waals surface area contributed by atoms with Crippen LogP contribution < -0.4 is 0 Å². The third-order valence-corrected chi connectivity index (χ3v) is 11.5. The number of hydrogen-bond acceptors (Lipinski definition) is 1. The monoisotopic (exact) mass is 681 g/mol. The Labute approximate surface area is 309 Å². The smallest absolute Gasteiger partial charge is 0.110 e. The molecule has 254 valence electrons. The highest BCUT2D eigenvalue weighted by Gasteiger charge is 2.50. The molecule has 1 saturated carbocycles. The Balaban J connectivity index is 1.01. The lowest BCUT2D eigenvalue weighted by Gasteiger charge is -2.13. The lowest BCUT2D eigenvalue weighted by Crippen LogP contribution is -2.07. The van der Waals surface area contributed by atoms with Crippen LogP contribution in [0, 0.1) is 5.92 Å². The van der Waals surface area contributed by atoms with E-state index in [1.54, 1.807) is 0 Å². The van der Waals surface area contributed by atoms with E-state index >= 15 is 0 Å². The van der Waals surface area contributed by atoms with Gasteiger partial charge in [-0.2, -0.15) is 0 Å². The van der Waals surface area contributed by atoms with Crippen LogP contribution in [0.4, 0.5) is 0 Å². The molecule has 0 aliphatic heterocycles. The highest BCUT2D eigenvalue weighted by atomic mass is 15.1. The number of para-hydroxylation sites is 3. The first-order valence-corrected chi connectivity index (χ1v) is 18.6. The molecule has 2 unspecified atom stereocenters. The Morgan fingerprint density at radius 2 is 1.04 bits per heavy atom. The number of hydrogen-bond donors (Lipinski definition) is 0. The van der Waals surface area contributed by atoms with Crippen LogP contribution in [0.25, 0.3) is 71.6 Å². The molecule has 0 N–H and O–H groups in total. The summed E-state index contributed by atoms with van der Waals surface area (Å²) in [5.41, 5.74) is 12.2. The number of aromatic nitrogens is 2. The van der Waals surface area contributed by atoms with Gasteiger partial charge >= 0.3 is 0 Å². The fraction of sp³-hybridized carbons (Fsp3) is 0.100. The number of benzene rings is 7. The van der Waals surface area contributed by atoms with E-state index in [-0.39, 0.29) is 5.41 Å². The molecule has 0 spiro atoms. The first-order chi connectivity index (χ1) is 26.1. The summed E-state index contributed by atoms with van der Waals surface area (Å²) in [7, 11) is 0. The van der Waals surface area contributed by atoms with E-state index in [4.69, 9.17) is 4.99 Å². The number of allylic oxidation sites excluding steroid dienone is 1. The topological polar surface area (TPSA) is 22.2 Å². The van der Waals surface area contributed by atoms with Gasteiger partial charge in [0.25, 0.3) is 0 Å². The minimum Gasteiger partial charge on any atom is -0.309 e. The Bertz CT molecular complexity index is 2870. The van der Waals surface area contributed by atoms with Crippen LogP contribution in [-0.4, -0.2) is 15.0 Å². The van der Waals surface area contributed by atoms with Gasteiger partial charge in [0.15, 0.2) is 0 Å². The first-order valence-electron chi connectivity index (χ1n) is 18.6. The molecule has 2 atom stereocenters. The van der Waals surface area contributed by atoms with Crippen LogP contribution in [0.3, 0.4) is 0 Å². The number of rotatable bonds is 6.